The number of nitrogens with zero attached hydrogens (tertiary/aromatic N) is 1. The average Bonchev–Trinajstić information content (AvgIpc) is 1.65. The van der Waals surface area contributed by atoms with Crippen LogP contribution in [0.3, 0.4) is 0 Å². The van der Waals surface area contributed by atoms with Gasteiger partial charge in [-0.2, -0.15) is 0 Å². The monoisotopic (exact) mass is 1760 g/mol. The number of H-pyrrole nitrogens is 5. The van der Waals surface area contributed by atoms with Gasteiger partial charge in [-0.05, 0) is 285 Å². The van der Waals surface area contributed by atoms with Crippen LogP contribution < -0.4 is 72.0 Å². The van der Waals surface area contributed by atoms with E-state index in [-0.39, 0.29) is 77.4 Å². The molecule has 2 aliphatic heterocycles. The highest BCUT2D eigenvalue weighted by molar-refractivity contribution is 6.03. The number of aromatic amines is 5. The summed E-state index contributed by atoms with van der Waals surface area (Å²) in [6.45, 7) is 17.2. The maximum Gasteiger partial charge on any atom is 0.267 e. The van der Waals surface area contributed by atoms with Crippen molar-refractivity contribution in [1.29, 1.82) is 0 Å². The van der Waals surface area contributed by atoms with Crippen molar-refractivity contribution in [2.45, 2.75) is 160 Å². The fraction of sp³-hybridized carbons (Fsp3) is 0.337. The molecule has 130 heavy (non-hydrogen) atoms. The number of hydrogen-bond acceptors (Lipinski definition) is 14. The molecule has 1 aliphatic carbocycles. The number of hydrogen-bond donors (Lipinski definition) is 18. The molecule has 5 aromatic heterocycles. The number of nitrogens with one attached hydrogen (secondary N) is 11. The SMILES string of the molecule is Cc1cc(-c2ccc3cc(C(=O)NC[C@@H](N)CCCN)[nH]c3c2)ccc1F.Cc1ccc(-c2ccc3cc(C(=O)NC4CCCC(N)C4)[nH]c3c2)cc1.Cc1ccc(-c2ccc3cc(C(=O)NC[C@@H](N)CCCN)[nH]c3c2)c(F)c1.Cc1ccc(-c2ccc3cc(C(=O)N[C@H]4CCN(C5CCNCC5)C4)[nH]c3c2)cc1.Cc1ccc2cc(C(=O)NC[C@@H](N)CCCN)[nH]c2c1. The van der Waals surface area contributed by atoms with E-state index in [0.717, 1.165) is 190 Å². The summed E-state index contributed by atoms with van der Waals surface area (Å²) in [5.74, 6) is -1.04. The van der Waals surface area contributed by atoms with Gasteiger partial charge in [0.2, 0.25) is 0 Å². The molecule has 17 rings (SSSR count). The molecule has 2 saturated heterocycles. The van der Waals surface area contributed by atoms with E-state index >= 15 is 0 Å². The molecule has 0 radical (unpaired) electrons. The van der Waals surface area contributed by atoms with E-state index in [0.29, 0.717) is 84.9 Å². The molecule has 24 nitrogen and oxygen atoms in total. The number of likely N-dealkylation sites (tertiary alicyclic amines) is 1. The Morgan fingerprint density at radius 1 is 0.385 bits per heavy atom. The third kappa shape index (κ3) is 26.2. The van der Waals surface area contributed by atoms with E-state index in [1.165, 1.54) is 47.2 Å². The predicted octanol–water partition coefficient (Wildman–Crippen LogP) is 15.3. The summed E-state index contributed by atoms with van der Waals surface area (Å²) in [4.78, 5) is 80.8. The minimum Gasteiger partial charge on any atom is -0.351 e. The summed E-state index contributed by atoms with van der Waals surface area (Å²) >= 11 is 0. The van der Waals surface area contributed by atoms with E-state index < -0.39 is 0 Å². The number of rotatable bonds is 27. The quantitative estimate of drug-likeness (QED) is 0.0228. The first-order valence-electron chi connectivity index (χ1n) is 45.6. The van der Waals surface area contributed by atoms with E-state index in [1.54, 1.807) is 25.1 Å². The predicted molar refractivity (Wildman–Crippen MR) is 524 cm³/mol. The normalized spacial score (nSPS) is 15.8. The van der Waals surface area contributed by atoms with Crippen molar-refractivity contribution in [1.82, 2.24) is 61.7 Å². The number of aromatic nitrogens is 5. The van der Waals surface area contributed by atoms with Gasteiger partial charge in [-0.3, -0.25) is 28.9 Å². The number of amides is 5. The van der Waals surface area contributed by atoms with Crippen LogP contribution in [-0.2, 0) is 0 Å². The smallest absolute Gasteiger partial charge is 0.267 e. The minimum absolute atomic E-state index is 0.000228. The molecule has 0 spiro atoms. The maximum absolute atomic E-state index is 14.2. The number of nitrogens with two attached hydrogens (primary N) is 7. The van der Waals surface area contributed by atoms with Gasteiger partial charge < -0.3 is 97.0 Å². The highest BCUT2D eigenvalue weighted by atomic mass is 19.1. The molecule has 6 atom stereocenters. The van der Waals surface area contributed by atoms with Crippen LogP contribution in [0.4, 0.5) is 8.78 Å². The van der Waals surface area contributed by atoms with E-state index in [1.807, 2.05) is 105 Å². The van der Waals surface area contributed by atoms with E-state index in [9.17, 15) is 32.8 Å². The molecule has 9 aromatic carbocycles. The third-order valence-corrected chi connectivity index (χ3v) is 24.5. The molecular formula is C104H127F2N19O5. The first kappa shape index (κ1) is 95.1. The second-order valence-corrected chi connectivity index (χ2v) is 35.1. The molecule has 14 aromatic rings. The fourth-order valence-electron chi connectivity index (χ4n) is 16.9. The number of carbonyl (C=O) groups excluding carboxylic acids is 5. The lowest BCUT2D eigenvalue weighted by molar-refractivity contribution is 0.0915. The Balaban J connectivity index is 0.000000139. The van der Waals surface area contributed by atoms with Gasteiger partial charge in [0.1, 0.15) is 40.1 Å². The molecular weight excluding hydrogens is 1630 g/mol. The third-order valence-electron chi connectivity index (χ3n) is 24.5. The summed E-state index contributed by atoms with van der Waals surface area (Å²) < 4.78 is 27.7. The van der Waals surface area contributed by atoms with Crippen LogP contribution in [0.1, 0.15) is 164 Å². The topological polar surface area (TPSA) is 422 Å². The van der Waals surface area contributed by atoms with Crippen molar-refractivity contribution in [3.05, 3.63) is 274 Å². The lowest BCUT2D eigenvalue weighted by atomic mass is 9.91. The van der Waals surface area contributed by atoms with Crippen molar-refractivity contribution in [3.63, 3.8) is 0 Å². The van der Waals surface area contributed by atoms with Crippen LogP contribution in [-0.4, -0.2) is 167 Å². The zero-order chi connectivity index (χ0) is 91.9. The Labute approximate surface area is 759 Å². The highest BCUT2D eigenvalue weighted by Crippen LogP contribution is 2.33. The Bertz CT molecular complexity index is 6160. The Hall–Kier alpha value is -12.5. The number of piperidine rings is 1. The van der Waals surface area contributed by atoms with Crippen LogP contribution in [0.15, 0.2) is 206 Å². The molecule has 3 aliphatic rings. The van der Waals surface area contributed by atoms with Gasteiger partial charge in [-0.15, -0.1) is 0 Å². The van der Waals surface area contributed by atoms with Crippen LogP contribution in [0.2, 0.25) is 0 Å². The lowest BCUT2D eigenvalue weighted by Gasteiger charge is -2.31. The Morgan fingerprint density at radius 2 is 0.746 bits per heavy atom. The van der Waals surface area contributed by atoms with E-state index in [4.69, 9.17) is 40.1 Å². The molecule has 26 heteroatoms. The number of aryl methyl sites for hydroxylation is 5. The number of carbonyl (C=O) groups is 5. The zero-order valence-electron chi connectivity index (χ0n) is 75.2. The van der Waals surface area contributed by atoms with Gasteiger partial charge in [0.05, 0.1) is 0 Å². The minimum atomic E-state index is -0.259. The second-order valence-electron chi connectivity index (χ2n) is 35.1. The number of benzene rings is 9. The molecule has 25 N–H and O–H groups in total. The van der Waals surface area contributed by atoms with Gasteiger partial charge in [0.15, 0.2) is 0 Å². The van der Waals surface area contributed by atoms with Gasteiger partial charge in [-0.25, -0.2) is 8.78 Å². The van der Waals surface area contributed by atoms with Gasteiger partial charge in [0.25, 0.3) is 29.5 Å². The Morgan fingerprint density at radius 3 is 1.18 bits per heavy atom. The molecule has 682 valence electrons. The average molecular weight is 1760 g/mol. The van der Waals surface area contributed by atoms with Crippen molar-refractivity contribution in [2.24, 2.45) is 40.1 Å². The zero-order valence-corrected chi connectivity index (χ0v) is 75.2. The molecule has 2 unspecified atom stereocenters. The van der Waals surface area contributed by atoms with Crippen LogP contribution >= 0.6 is 0 Å². The van der Waals surface area contributed by atoms with Crippen molar-refractivity contribution >= 4 is 84.1 Å². The van der Waals surface area contributed by atoms with Crippen LogP contribution in [0, 0.1) is 46.3 Å². The number of fused-ring (bicyclic) bond motifs is 5. The standard InChI is InChI=1S/C25H30N4O.C22H25N3O.2C21H25FN4O.C15H22N4O/c1-17-2-4-18(5-3-17)19-6-7-20-15-24(28-23(20)14-19)25(30)27-21-10-13-29(16-21)22-8-11-26-12-9-22;1-14-5-7-15(8-6-14)16-9-10-17-12-21(25-20(17)11-16)22(26)24-19-4-2-3-18(23)13-19;1-13-4-7-17(18(22)9-13)14-5-6-15-11-20(26-19(15)10-14)21(27)25-12-16(24)3-2-8-23;1-13-9-14(6-7-18(13)22)15-4-5-16-11-20(26-19(16)10-15)21(27)25-12-17(24)3-2-8-23;1-10-4-5-11-8-14(19-13(11)7-10)15(20)18-9-12(17)3-2-6-16/h2-7,14-15,21-22,26,28H,8-13,16H2,1H3,(H,27,30);5-12,18-19,25H,2-4,13,23H2,1H3,(H,24,26);4-7,9-11,16,26H,2-3,8,12,23-24H2,1H3,(H,25,27);4-7,9-11,17,26H,2-3,8,12,23-24H2,1H3,(H,25,27);4-5,7-8,12,19H,2-3,6,9,16-17H2,1H3,(H,18,20)/t21-;;16-;17-;12-/m0.000/s1. The summed E-state index contributed by atoms with van der Waals surface area (Å²) in [5.41, 5.74) is 60.6. The van der Waals surface area contributed by atoms with E-state index in [2.05, 4.69) is 160 Å². The van der Waals surface area contributed by atoms with Gasteiger partial charge >= 0.3 is 0 Å². The van der Waals surface area contributed by atoms with Crippen LogP contribution in [0.25, 0.3) is 99.0 Å². The first-order valence-corrected chi connectivity index (χ1v) is 45.6. The Kier molecular flexibility index (Phi) is 33.4. The van der Waals surface area contributed by atoms with Crippen molar-refractivity contribution < 1.29 is 32.8 Å². The highest BCUT2D eigenvalue weighted by Gasteiger charge is 2.31. The summed E-state index contributed by atoms with van der Waals surface area (Å²) in [5, 5.41) is 23.3. The van der Waals surface area contributed by atoms with Crippen molar-refractivity contribution in [3.8, 4) is 44.5 Å². The van der Waals surface area contributed by atoms with Gasteiger partial charge in [0, 0.05) is 135 Å². The van der Waals surface area contributed by atoms with Crippen LogP contribution in [0.5, 0.6) is 0 Å². The lowest BCUT2D eigenvalue weighted by Crippen LogP contribution is -2.44. The molecule has 3 fully saturated rings. The maximum atomic E-state index is 14.2. The van der Waals surface area contributed by atoms with Crippen molar-refractivity contribution in [2.75, 3.05) is 65.4 Å². The fourth-order valence-corrected chi connectivity index (χ4v) is 16.9. The molecule has 7 heterocycles. The molecule has 0 bridgehead atoms. The molecule has 5 amide bonds. The summed E-state index contributed by atoms with van der Waals surface area (Å²) in [7, 11) is 0. The molecule has 1 saturated carbocycles. The summed E-state index contributed by atoms with van der Waals surface area (Å²) in [6, 6.07) is 67.7. The summed E-state index contributed by atoms with van der Waals surface area (Å²) in [6.07, 6.45) is 12.4. The largest absolute Gasteiger partial charge is 0.351 e. The first-order chi connectivity index (χ1) is 62.8. The second kappa shape index (κ2) is 45.7. The van der Waals surface area contributed by atoms with Gasteiger partial charge in [-0.1, -0.05) is 139 Å². The number of halogens is 2.